The Morgan fingerprint density at radius 3 is 2.32 bits per heavy atom. The molecular formula is C13H23FNNaO3. The first-order chi connectivity index (χ1) is 8.47. The molecule has 0 saturated carbocycles. The van der Waals surface area contributed by atoms with Crippen molar-refractivity contribution in [1.82, 2.24) is 4.90 Å². The van der Waals surface area contributed by atoms with Crippen LogP contribution < -0.4 is 34.7 Å². The molecule has 19 heavy (non-hydrogen) atoms. The molecule has 0 aliphatic rings. The van der Waals surface area contributed by atoms with Crippen LogP contribution in [0.5, 0.6) is 0 Å². The summed E-state index contributed by atoms with van der Waals surface area (Å²) in [6.07, 6.45) is 4.15. The Balaban J connectivity index is 0. The van der Waals surface area contributed by atoms with E-state index in [4.69, 9.17) is 0 Å². The van der Waals surface area contributed by atoms with Gasteiger partial charge in [0.15, 0.2) is 0 Å². The molecule has 0 fully saturated rings. The topological polar surface area (TPSA) is 60.4 Å². The van der Waals surface area contributed by atoms with Crippen LogP contribution in [0.25, 0.3) is 0 Å². The normalized spacial score (nSPS) is 11.5. The Morgan fingerprint density at radius 1 is 1.21 bits per heavy atom. The van der Waals surface area contributed by atoms with Gasteiger partial charge in [-0.15, -0.1) is 0 Å². The van der Waals surface area contributed by atoms with Gasteiger partial charge < -0.3 is 14.8 Å². The van der Waals surface area contributed by atoms with Gasteiger partial charge in [-0.2, -0.15) is 0 Å². The van der Waals surface area contributed by atoms with Crippen molar-refractivity contribution < 1.29 is 48.6 Å². The quantitative estimate of drug-likeness (QED) is 0.354. The van der Waals surface area contributed by atoms with Crippen molar-refractivity contribution >= 4 is 11.9 Å². The van der Waals surface area contributed by atoms with E-state index in [1.54, 1.807) is 0 Å². The van der Waals surface area contributed by atoms with Crippen molar-refractivity contribution in [3.05, 3.63) is 0 Å². The van der Waals surface area contributed by atoms with Gasteiger partial charge in [0, 0.05) is 13.5 Å². The van der Waals surface area contributed by atoms with Gasteiger partial charge in [-0.25, -0.2) is 4.39 Å². The van der Waals surface area contributed by atoms with Crippen LogP contribution >= 0.6 is 0 Å². The molecule has 0 aliphatic carbocycles. The standard InChI is InChI=1S/C13H24FNO3.Na/c1-3-11(14)8-6-4-5-7-9-12(16)15(2)10-13(17)18;/h11H,3-10H2,1-2H3,(H,17,18);/q;+1/p-1. The molecule has 0 spiro atoms. The van der Waals surface area contributed by atoms with Crippen molar-refractivity contribution in [3.63, 3.8) is 0 Å². The van der Waals surface area contributed by atoms with E-state index in [1.165, 1.54) is 7.05 Å². The Labute approximate surface area is 137 Å². The Morgan fingerprint density at radius 2 is 1.79 bits per heavy atom. The van der Waals surface area contributed by atoms with E-state index in [1.807, 2.05) is 6.92 Å². The second-order valence-electron chi connectivity index (χ2n) is 4.58. The minimum atomic E-state index is -1.25. The molecule has 0 radical (unpaired) electrons. The summed E-state index contributed by atoms with van der Waals surface area (Å²) in [5.41, 5.74) is 0. The summed E-state index contributed by atoms with van der Waals surface area (Å²) < 4.78 is 12.9. The van der Waals surface area contributed by atoms with E-state index in [-0.39, 0.29) is 42.0 Å². The third kappa shape index (κ3) is 12.6. The number of alkyl halides is 1. The van der Waals surface area contributed by atoms with Gasteiger partial charge in [-0.05, 0) is 19.3 Å². The second kappa shape index (κ2) is 12.9. The van der Waals surface area contributed by atoms with Crippen LogP contribution in [0.1, 0.15) is 51.9 Å². The molecule has 1 unspecified atom stereocenters. The molecule has 0 saturated heterocycles. The number of halogens is 1. The molecule has 1 amide bonds. The van der Waals surface area contributed by atoms with Crippen LogP contribution in [-0.2, 0) is 9.59 Å². The Hall–Kier alpha value is -0.130. The zero-order valence-corrected chi connectivity index (χ0v) is 14.3. The monoisotopic (exact) mass is 283 g/mol. The first kappa shape index (κ1) is 21.2. The molecule has 0 aromatic rings. The minimum absolute atomic E-state index is 0. The molecule has 106 valence electrons. The maximum absolute atomic E-state index is 12.9. The number of hydrogen-bond acceptors (Lipinski definition) is 3. The molecular weight excluding hydrogens is 260 g/mol. The van der Waals surface area contributed by atoms with Crippen molar-refractivity contribution in [1.29, 1.82) is 0 Å². The summed E-state index contributed by atoms with van der Waals surface area (Å²) in [7, 11) is 1.45. The number of aliphatic carboxylic acids is 1. The van der Waals surface area contributed by atoms with Gasteiger partial charge in [-0.1, -0.05) is 26.2 Å². The summed E-state index contributed by atoms with van der Waals surface area (Å²) in [6, 6.07) is 0. The molecule has 0 aromatic carbocycles. The van der Waals surface area contributed by atoms with Crippen LogP contribution in [0.2, 0.25) is 0 Å². The van der Waals surface area contributed by atoms with E-state index in [2.05, 4.69) is 0 Å². The number of carbonyl (C=O) groups excluding carboxylic acids is 2. The van der Waals surface area contributed by atoms with E-state index in [9.17, 15) is 19.1 Å². The van der Waals surface area contributed by atoms with Crippen LogP contribution in [0, 0.1) is 0 Å². The SMILES string of the molecule is CCC(F)CCCCCCC(=O)N(C)CC(=O)[O-].[Na+]. The molecule has 0 aromatic heterocycles. The van der Waals surface area contributed by atoms with Crippen molar-refractivity contribution in [3.8, 4) is 0 Å². The zero-order valence-electron chi connectivity index (χ0n) is 12.3. The predicted molar refractivity (Wildman–Crippen MR) is 65.5 cm³/mol. The van der Waals surface area contributed by atoms with Gasteiger partial charge in [0.1, 0.15) is 0 Å². The Kier molecular flexibility index (Phi) is 14.4. The molecule has 4 nitrogen and oxygen atoms in total. The number of carbonyl (C=O) groups is 2. The number of carboxylic acids is 1. The number of unbranched alkanes of at least 4 members (excludes halogenated alkanes) is 3. The third-order valence-corrected chi connectivity index (χ3v) is 2.89. The van der Waals surface area contributed by atoms with Crippen LogP contribution in [0.4, 0.5) is 4.39 Å². The van der Waals surface area contributed by atoms with Crippen LogP contribution in [0.3, 0.4) is 0 Å². The van der Waals surface area contributed by atoms with Gasteiger partial charge in [-0.3, -0.25) is 4.79 Å². The summed E-state index contributed by atoms with van der Waals surface area (Å²) >= 11 is 0. The summed E-state index contributed by atoms with van der Waals surface area (Å²) in [6.45, 7) is 1.47. The van der Waals surface area contributed by atoms with Crippen LogP contribution in [0.15, 0.2) is 0 Å². The number of amides is 1. The minimum Gasteiger partial charge on any atom is -0.548 e. The summed E-state index contributed by atoms with van der Waals surface area (Å²) in [4.78, 5) is 22.9. The molecule has 0 heterocycles. The molecule has 0 bridgehead atoms. The van der Waals surface area contributed by atoms with Crippen molar-refractivity contribution in [2.75, 3.05) is 13.6 Å². The maximum atomic E-state index is 12.9. The fourth-order valence-electron chi connectivity index (χ4n) is 1.67. The number of carboxylic acid groups (broad SMARTS) is 1. The van der Waals surface area contributed by atoms with E-state index in [0.717, 1.165) is 30.6 Å². The summed E-state index contributed by atoms with van der Waals surface area (Å²) in [5, 5.41) is 10.3. The largest absolute Gasteiger partial charge is 1.00 e. The Bertz CT molecular complexity index is 264. The average Bonchev–Trinajstić information content (AvgIpc) is 2.31. The van der Waals surface area contributed by atoms with Gasteiger partial charge in [0.2, 0.25) is 5.91 Å². The van der Waals surface area contributed by atoms with Crippen molar-refractivity contribution in [2.45, 2.75) is 58.0 Å². The smallest absolute Gasteiger partial charge is 0.548 e. The van der Waals surface area contributed by atoms with Crippen LogP contribution in [-0.4, -0.2) is 36.5 Å². The fourth-order valence-corrected chi connectivity index (χ4v) is 1.67. The van der Waals surface area contributed by atoms with E-state index in [0.29, 0.717) is 19.3 Å². The molecule has 0 N–H and O–H groups in total. The maximum Gasteiger partial charge on any atom is 1.00 e. The first-order valence-electron chi connectivity index (χ1n) is 6.55. The van der Waals surface area contributed by atoms with Gasteiger partial charge in [0.05, 0.1) is 18.7 Å². The summed E-state index contributed by atoms with van der Waals surface area (Å²) in [5.74, 6) is -1.43. The average molecular weight is 283 g/mol. The molecule has 0 aliphatic heterocycles. The second-order valence-corrected chi connectivity index (χ2v) is 4.58. The van der Waals surface area contributed by atoms with E-state index < -0.39 is 12.1 Å². The number of hydrogen-bond donors (Lipinski definition) is 0. The predicted octanol–water partition coefficient (Wildman–Crippen LogP) is -1.71. The number of nitrogens with zero attached hydrogens (tertiary/aromatic N) is 1. The van der Waals surface area contributed by atoms with E-state index >= 15 is 0 Å². The zero-order chi connectivity index (χ0) is 14.0. The number of likely N-dealkylation sites (N-methyl/N-ethyl adjacent to an activating group) is 1. The first-order valence-corrected chi connectivity index (χ1v) is 6.55. The number of rotatable bonds is 10. The van der Waals surface area contributed by atoms with Gasteiger partial charge >= 0.3 is 29.6 Å². The molecule has 1 atom stereocenters. The molecule has 6 heteroatoms. The third-order valence-electron chi connectivity index (χ3n) is 2.89. The van der Waals surface area contributed by atoms with Gasteiger partial charge in [0.25, 0.3) is 0 Å². The molecule has 0 rings (SSSR count). The van der Waals surface area contributed by atoms with Crippen molar-refractivity contribution in [2.24, 2.45) is 0 Å². The fraction of sp³-hybridized carbons (Fsp3) is 0.846.